The molecule has 0 spiro atoms. The molecule has 2 rings (SSSR count). The molecule has 1 atom stereocenters. The van der Waals surface area contributed by atoms with Gasteiger partial charge in [-0.1, -0.05) is 17.7 Å². The van der Waals surface area contributed by atoms with Gasteiger partial charge in [-0.05, 0) is 23.6 Å². The van der Waals surface area contributed by atoms with Crippen molar-refractivity contribution < 1.29 is 14.7 Å². The van der Waals surface area contributed by atoms with Crippen LogP contribution in [0.1, 0.15) is 30.0 Å². The third kappa shape index (κ3) is 2.63. The van der Waals surface area contributed by atoms with Gasteiger partial charge >= 0.3 is 5.97 Å². The van der Waals surface area contributed by atoms with E-state index in [9.17, 15) is 9.59 Å². The fourth-order valence-corrected chi connectivity index (χ4v) is 2.29. The highest BCUT2D eigenvalue weighted by Gasteiger charge is 2.21. The molecule has 1 aliphatic heterocycles. The molecule has 1 aromatic rings. The van der Waals surface area contributed by atoms with Crippen LogP contribution in [0.4, 0.5) is 5.69 Å². The van der Waals surface area contributed by atoms with Crippen LogP contribution in [-0.2, 0) is 16.0 Å². The van der Waals surface area contributed by atoms with Crippen molar-refractivity contribution in [2.24, 2.45) is 5.73 Å². The lowest BCUT2D eigenvalue weighted by Gasteiger charge is -2.14. The summed E-state index contributed by atoms with van der Waals surface area (Å²) in [5.41, 5.74) is 8.17. The molecule has 0 saturated carbocycles. The summed E-state index contributed by atoms with van der Waals surface area (Å²) in [6, 6.07) is 3.01. The van der Waals surface area contributed by atoms with Crippen molar-refractivity contribution in [3.63, 3.8) is 0 Å². The van der Waals surface area contributed by atoms with Crippen molar-refractivity contribution in [2.45, 2.75) is 25.3 Å². The molecule has 4 N–H and O–H groups in total. The normalized spacial score (nSPS) is 15.1. The number of benzene rings is 1. The topological polar surface area (TPSA) is 92.4 Å². The standard InChI is InChI=1S/C12H13ClN2O3/c13-8-5-10-6(4-11(16)15-10)3-7(8)9(14)1-2-12(17)18/h3,5,9H,1-2,4,14H2,(H,15,16)(H,17,18). The number of rotatable bonds is 4. The summed E-state index contributed by atoms with van der Waals surface area (Å²) in [6.45, 7) is 0. The second-order valence-corrected chi connectivity index (χ2v) is 4.70. The Kier molecular flexibility index (Phi) is 3.54. The first-order chi connectivity index (χ1) is 8.47. The van der Waals surface area contributed by atoms with Crippen molar-refractivity contribution in [1.29, 1.82) is 0 Å². The van der Waals surface area contributed by atoms with E-state index in [0.29, 0.717) is 29.1 Å². The van der Waals surface area contributed by atoms with Crippen LogP contribution in [0.15, 0.2) is 12.1 Å². The summed E-state index contributed by atoms with van der Waals surface area (Å²) in [5.74, 6) is -0.961. The number of carbonyl (C=O) groups excluding carboxylic acids is 1. The summed E-state index contributed by atoms with van der Waals surface area (Å²) < 4.78 is 0. The zero-order valence-electron chi connectivity index (χ0n) is 9.57. The summed E-state index contributed by atoms with van der Waals surface area (Å²) in [4.78, 5) is 21.8. The molecule has 0 aliphatic carbocycles. The molecule has 1 aromatic carbocycles. The van der Waals surface area contributed by atoms with Crippen LogP contribution in [0.5, 0.6) is 0 Å². The zero-order valence-corrected chi connectivity index (χ0v) is 10.3. The first-order valence-electron chi connectivity index (χ1n) is 5.57. The van der Waals surface area contributed by atoms with Crippen LogP contribution < -0.4 is 11.1 Å². The van der Waals surface area contributed by atoms with E-state index < -0.39 is 12.0 Å². The molecule has 5 nitrogen and oxygen atoms in total. The first kappa shape index (κ1) is 12.9. The number of hydrogen-bond acceptors (Lipinski definition) is 3. The lowest BCUT2D eigenvalue weighted by atomic mass is 9.99. The number of fused-ring (bicyclic) bond motifs is 1. The quantitative estimate of drug-likeness (QED) is 0.775. The van der Waals surface area contributed by atoms with Gasteiger partial charge in [0.05, 0.1) is 6.42 Å². The predicted molar refractivity (Wildman–Crippen MR) is 67.6 cm³/mol. The fourth-order valence-electron chi connectivity index (χ4n) is 1.99. The van der Waals surface area contributed by atoms with Gasteiger partial charge in [0.15, 0.2) is 0 Å². The summed E-state index contributed by atoms with van der Waals surface area (Å²) >= 11 is 6.09. The van der Waals surface area contributed by atoms with E-state index in [4.69, 9.17) is 22.4 Å². The molecular formula is C12H13ClN2O3. The Hall–Kier alpha value is -1.59. The van der Waals surface area contributed by atoms with Crippen molar-refractivity contribution in [1.82, 2.24) is 0 Å². The van der Waals surface area contributed by atoms with E-state index in [-0.39, 0.29) is 12.3 Å². The number of nitrogens with one attached hydrogen (secondary N) is 1. The highest BCUT2D eigenvalue weighted by atomic mass is 35.5. The third-order valence-corrected chi connectivity index (χ3v) is 3.24. The minimum atomic E-state index is -0.889. The number of anilines is 1. The van der Waals surface area contributed by atoms with Gasteiger partial charge in [0.2, 0.25) is 5.91 Å². The number of halogens is 1. The van der Waals surface area contributed by atoms with Crippen molar-refractivity contribution in [3.8, 4) is 0 Å². The Morgan fingerprint density at radius 1 is 1.56 bits per heavy atom. The molecule has 0 radical (unpaired) electrons. The largest absolute Gasteiger partial charge is 0.481 e. The minimum Gasteiger partial charge on any atom is -0.481 e. The molecule has 0 bridgehead atoms. The Labute approximate surface area is 109 Å². The molecule has 1 amide bonds. The number of carboxylic acids is 1. The minimum absolute atomic E-state index is 0.00817. The van der Waals surface area contributed by atoms with Crippen molar-refractivity contribution in [3.05, 3.63) is 28.3 Å². The summed E-state index contributed by atoms with van der Waals surface area (Å²) in [5, 5.41) is 11.8. The van der Waals surface area contributed by atoms with E-state index in [1.807, 2.05) is 0 Å². The van der Waals surface area contributed by atoms with Crippen LogP contribution in [0, 0.1) is 0 Å². The molecule has 0 aromatic heterocycles. The highest BCUT2D eigenvalue weighted by Crippen LogP contribution is 2.33. The van der Waals surface area contributed by atoms with E-state index >= 15 is 0 Å². The first-order valence-corrected chi connectivity index (χ1v) is 5.94. The second kappa shape index (κ2) is 4.96. The smallest absolute Gasteiger partial charge is 0.303 e. The van der Waals surface area contributed by atoms with Crippen molar-refractivity contribution >= 4 is 29.2 Å². The SMILES string of the molecule is NC(CCC(=O)O)c1cc2c(cc1Cl)NC(=O)C2. The summed E-state index contributed by atoms with van der Waals surface area (Å²) in [6.07, 6.45) is 0.617. The molecule has 6 heteroatoms. The van der Waals surface area contributed by atoms with Crippen LogP contribution in [0.25, 0.3) is 0 Å². The molecule has 0 fully saturated rings. The average Bonchev–Trinajstić information content (AvgIpc) is 2.64. The molecule has 96 valence electrons. The summed E-state index contributed by atoms with van der Waals surface area (Å²) in [7, 11) is 0. The lowest BCUT2D eigenvalue weighted by molar-refractivity contribution is -0.137. The molecule has 0 saturated heterocycles. The molecule has 18 heavy (non-hydrogen) atoms. The predicted octanol–water partition coefficient (Wildman–Crippen LogP) is 1.70. The Balaban J connectivity index is 2.21. The molecule has 1 heterocycles. The number of aliphatic carboxylic acids is 1. The van der Waals surface area contributed by atoms with Crippen LogP contribution in [0.3, 0.4) is 0 Å². The fraction of sp³-hybridized carbons (Fsp3) is 0.333. The third-order valence-electron chi connectivity index (χ3n) is 2.92. The van der Waals surface area contributed by atoms with E-state index in [1.54, 1.807) is 12.1 Å². The number of hydrogen-bond donors (Lipinski definition) is 3. The maximum absolute atomic E-state index is 11.2. The van der Waals surface area contributed by atoms with Gasteiger partial charge in [-0.15, -0.1) is 0 Å². The van der Waals surface area contributed by atoms with Gasteiger partial charge in [0, 0.05) is 23.2 Å². The number of nitrogens with two attached hydrogens (primary N) is 1. The number of amides is 1. The van der Waals surface area contributed by atoms with Gasteiger partial charge in [-0.3, -0.25) is 9.59 Å². The molecule has 1 aliphatic rings. The molecular weight excluding hydrogens is 256 g/mol. The van der Waals surface area contributed by atoms with Gasteiger partial charge < -0.3 is 16.2 Å². The molecule has 1 unspecified atom stereocenters. The van der Waals surface area contributed by atoms with Crippen LogP contribution in [0.2, 0.25) is 5.02 Å². The Morgan fingerprint density at radius 3 is 2.94 bits per heavy atom. The van der Waals surface area contributed by atoms with E-state index in [1.165, 1.54) is 0 Å². The maximum atomic E-state index is 11.2. The highest BCUT2D eigenvalue weighted by molar-refractivity contribution is 6.32. The van der Waals surface area contributed by atoms with Gasteiger partial charge in [-0.2, -0.15) is 0 Å². The number of carboxylic acid groups (broad SMARTS) is 1. The monoisotopic (exact) mass is 268 g/mol. The van der Waals surface area contributed by atoms with Gasteiger partial charge in [0.1, 0.15) is 0 Å². The van der Waals surface area contributed by atoms with Crippen molar-refractivity contribution in [2.75, 3.05) is 5.32 Å². The van der Waals surface area contributed by atoms with E-state index in [2.05, 4.69) is 5.32 Å². The second-order valence-electron chi connectivity index (χ2n) is 4.29. The number of carbonyl (C=O) groups is 2. The average molecular weight is 269 g/mol. The van der Waals surface area contributed by atoms with E-state index in [0.717, 1.165) is 5.56 Å². The van der Waals surface area contributed by atoms with Gasteiger partial charge in [0.25, 0.3) is 0 Å². The zero-order chi connectivity index (χ0) is 13.3. The maximum Gasteiger partial charge on any atom is 0.303 e. The van der Waals surface area contributed by atoms with Crippen LogP contribution >= 0.6 is 11.6 Å². The van der Waals surface area contributed by atoms with Gasteiger partial charge in [-0.25, -0.2) is 0 Å². The van der Waals surface area contributed by atoms with Crippen LogP contribution in [-0.4, -0.2) is 17.0 Å². The Bertz CT molecular complexity index is 516. The Morgan fingerprint density at radius 2 is 2.28 bits per heavy atom. The lowest BCUT2D eigenvalue weighted by Crippen LogP contribution is -2.13.